The molecule has 0 bridgehead atoms. The van der Waals surface area contributed by atoms with Crippen LogP contribution in [-0.2, 0) is 0 Å². The van der Waals surface area contributed by atoms with Crippen molar-refractivity contribution in [2.24, 2.45) is 5.41 Å². The van der Waals surface area contributed by atoms with Gasteiger partial charge >= 0.3 is 0 Å². The van der Waals surface area contributed by atoms with Crippen LogP contribution in [0.5, 0.6) is 0 Å². The Bertz CT molecular complexity index is 209. The molecule has 0 saturated carbocycles. The average Bonchev–Trinajstić information content (AvgIpc) is 2.10. The molecule has 0 atom stereocenters. The minimum Gasteiger partial charge on any atom is -0.0804 e. The standard InChI is InChI=1S/C11H16/c1-11(2,3)10-8-6-4-5-7-9-10/h4-8H,9H2,1-3H3. The minimum absolute atomic E-state index is 0.318. The Hall–Kier alpha value is -0.780. The molecule has 1 aliphatic rings. The molecule has 0 aromatic carbocycles. The fourth-order valence-electron chi connectivity index (χ4n) is 1.13. The lowest BCUT2D eigenvalue weighted by molar-refractivity contribution is 0.494. The summed E-state index contributed by atoms with van der Waals surface area (Å²) in [5.74, 6) is 0. The third-order valence-electron chi connectivity index (χ3n) is 1.96. The molecule has 0 N–H and O–H groups in total. The highest BCUT2D eigenvalue weighted by Crippen LogP contribution is 2.28. The van der Waals surface area contributed by atoms with E-state index in [0.29, 0.717) is 5.41 Å². The number of rotatable bonds is 0. The van der Waals surface area contributed by atoms with Gasteiger partial charge in [-0.2, -0.15) is 0 Å². The van der Waals surface area contributed by atoms with Crippen LogP contribution in [-0.4, -0.2) is 0 Å². The van der Waals surface area contributed by atoms with Gasteiger partial charge in [-0.1, -0.05) is 56.7 Å². The van der Waals surface area contributed by atoms with Gasteiger partial charge in [0.05, 0.1) is 0 Å². The van der Waals surface area contributed by atoms with Gasteiger partial charge in [-0.3, -0.25) is 0 Å². The Labute approximate surface area is 69.3 Å². The summed E-state index contributed by atoms with van der Waals surface area (Å²) in [7, 11) is 0. The fourth-order valence-corrected chi connectivity index (χ4v) is 1.13. The predicted molar refractivity (Wildman–Crippen MR) is 50.4 cm³/mol. The van der Waals surface area contributed by atoms with Crippen LogP contribution in [0.1, 0.15) is 27.2 Å². The molecule has 0 amide bonds. The maximum atomic E-state index is 2.26. The third kappa shape index (κ3) is 2.38. The molecule has 0 unspecified atom stereocenters. The minimum atomic E-state index is 0.318. The van der Waals surface area contributed by atoms with Crippen molar-refractivity contribution >= 4 is 0 Å². The van der Waals surface area contributed by atoms with E-state index in [1.54, 1.807) is 0 Å². The zero-order valence-electron chi connectivity index (χ0n) is 7.59. The van der Waals surface area contributed by atoms with E-state index >= 15 is 0 Å². The molecule has 0 heterocycles. The van der Waals surface area contributed by atoms with Crippen LogP contribution >= 0.6 is 0 Å². The van der Waals surface area contributed by atoms with Crippen LogP contribution in [0.25, 0.3) is 0 Å². The Morgan fingerprint density at radius 1 is 1.09 bits per heavy atom. The summed E-state index contributed by atoms with van der Waals surface area (Å²) in [6.45, 7) is 6.77. The SMILES string of the molecule is CC(C)(C)C1=CC=CC=CC1. The predicted octanol–water partition coefficient (Wildman–Crippen LogP) is 3.48. The number of hydrogen-bond acceptors (Lipinski definition) is 0. The van der Waals surface area contributed by atoms with Crippen LogP contribution in [0.3, 0.4) is 0 Å². The highest BCUT2D eigenvalue weighted by molar-refractivity contribution is 5.26. The van der Waals surface area contributed by atoms with E-state index in [-0.39, 0.29) is 0 Å². The molecule has 1 aliphatic carbocycles. The Balaban J connectivity index is 2.81. The number of hydrogen-bond donors (Lipinski definition) is 0. The second-order valence-corrected chi connectivity index (χ2v) is 3.96. The third-order valence-corrected chi connectivity index (χ3v) is 1.96. The van der Waals surface area contributed by atoms with E-state index < -0.39 is 0 Å². The van der Waals surface area contributed by atoms with Gasteiger partial charge in [0.2, 0.25) is 0 Å². The normalized spacial score (nSPS) is 17.9. The number of allylic oxidation sites excluding steroid dienone is 6. The monoisotopic (exact) mass is 148 g/mol. The molecule has 0 aromatic rings. The maximum Gasteiger partial charge on any atom is -0.0127 e. The Morgan fingerprint density at radius 3 is 2.45 bits per heavy atom. The second kappa shape index (κ2) is 3.08. The van der Waals surface area contributed by atoms with Crippen LogP contribution < -0.4 is 0 Å². The average molecular weight is 148 g/mol. The van der Waals surface area contributed by atoms with Gasteiger partial charge in [0.1, 0.15) is 0 Å². The summed E-state index contributed by atoms with van der Waals surface area (Å²) >= 11 is 0. The summed E-state index contributed by atoms with van der Waals surface area (Å²) in [4.78, 5) is 0. The molecular formula is C11H16. The first-order valence-electron chi connectivity index (χ1n) is 4.13. The molecule has 0 heteroatoms. The van der Waals surface area contributed by atoms with Crippen LogP contribution in [0, 0.1) is 5.41 Å². The van der Waals surface area contributed by atoms with Crippen molar-refractivity contribution in [2.45, 2.75) is 27.2 Å². The van der Waals surface area contributed by atoms with Gasteiger partial charge in [0.15, 0.2) is 0 Å². The lowest BCUT2D eigenvalue weighted by Gasteiger charge is -2.21. The Morgan fingerprint density at radius 2 is 1.82 bits per heavy atom. The molecule has 11 heavy (non-hydrogen) atoms. The zero-order valence-corrected chi connectivity index (χ0v) is 7.59. The van der Waals surface area contributed by atoms with Crippen molar-refractivity contribution in [2.75, 3.05) is 0 Å². The molecule has 60 valence electrons. The van der Waals surface area contributed by atoms with Crippen LogP contribution in [0.15, 0.2) is 36.0 Å². The van der Waals surface area contributed by atoms with Crippen molar-refractivity contribution in [3.05, 3.63) is 36.0 Å². The quantitative estimate of drug-likeness (QED) is 0.493. The van der Waals surface area contributed by atoms with Crippen molar-refractivity contribution < 1.29 is 0 Å². The van der Waals surface area contributed by atoms with Gasteiger partial charge in [-0.05, 0) is 11.8 Å². The van der Waals surface area contributed by atoms with E-state index in [1.165, 1.54) is 5.57 Å². The topological polar surface area (TPSA) is 0 Å². The van der Waals surface area contributed by atoms with Crippen molar-refractivity contribution in [3.63, 3.8) is 0 Å². The highest BCUT2D eigenvalue weighted by Gasteiger charge is 2.14. The van der Waals surface area contributed by atoms with E-state index in [0.717, 1.165) is 6.42 Å². The van der Waals surface area contributed by atoms with Gasteiger partial charge < -0.3 is 0 Å². The summed E-state index contributed by atoms with van der Waals surface area (Å²) in [6.07, 6.45) is 11.8. The van der Waals surface area contributed by atoms with E-state index in [2.05, 4.69) is 51.2 Å². The van der Waals surface area contributed by atoms with Gasteiger partial charge in [-0.25, -0.2) is 0 Å². The van der Waals surface area contributed by atoms with Crippen LogP contribution in [0.2, 0.25) is 0 Å². The van der Waals surface area contributed by atoms with Gasteiger partial charge in [-0.15, -0.1) is 0 Å². The largest absolute Gasteiger partial charge is 0.0804 e. The molecule has 0 saturated heterocycles. The van der Waals surface area contributed by atoms with Crippen molar-refractivity contribution in [3.8, 4) is 0 Å². The molecule has 0 aromatic heterocycles. The summed E-state index contributed by atoms with van der Waals surface area (Å²) in [5.41, 5.74) is 1.82. The zero-order chi connectivity index (χ0) is 8.32. The lowest BCUT2D eigenvalue weighted by Crippen LogP contribution is -2.08. The second-order valence-electron chi connectivity index (χ2n) is 3.96. The van der Waals surface area contributed by atoms with Gasteiger partial charge in [0.25, 0.3) is 0 Å². The highest BCUT2D eigenvalue weighted by atomic mass is 14.2. The molecule has 0 spiro atoms. The molecule has 0 nitrogen and oxygen atoms in total. The Kier molecular flexibility index (Phi) is 2.33. The summed E-state index contributed by atoms with van der Waals surface area (Å²) < 4.78 is 0. The molecular weight excluding hydrogens is 132 g/mol. The van der Waals surface area contributed by atoms with Crippen LogP contribution in [0.4, 0.5) is 0 Å². The maximum absolute atomic E-state index is 2.26. The first kappa shape index (κ1) is 8.32. The lowest BCUT2D eigenvalue weighted by atomic mass is 9.84. The van der Waals surface area contributed by atoms with E-state index in [1.807, 2.05) is 0 Å². The molecule has 0 aliphatic heterocycles. The first-order valence-corrected chi connectivity index (χ1v) is 4.13. The molecule has 0 fully saturated rings. The van der Waals surface area contributed by atoms with Crippen molar-refractivity contribution in [1.29, 1.82) is 0 Å². The smallest absolute Gasteiger partial charge is 0.0127 e. The first-order chi connectivity index (χ1) is 5.11. The molecule has 0 radical (unpaired) electrons. The van der Waals surface area contributed by atoms with E-state index in [9.17, 15) is 0 Å². The molecule has 1 rings (SSSR count). The van der Waals surface area contributed by atoms with Crippen molar-refractivity contribution in [1.82, 2.24) is 0 Å². The van der Waals surface area contributed by atoms with E-state index in [4.69, 9.17) is 0 Å². The summed E-state index contributed by atoms with van der Waals surface area (Å²) in [6, 6.07) is 0. The summed E-state index contributed by atoms with van der Waals surface area (Å²) in [5, 5.41) is 0. The fraction of sp³-hybridized carbons (Fsp3) is 0.455. The van der Waals surface area contributed by atoms with Gasteiger partial charge in [0, 0.05) is 0 Å².